The van der Waals surface area contributed by atoms with Crippen molar-refractivity contribution in [3.8, 4) is 0 Å². The minimum Gasteiger partial charge on any atom is -0.460 e. The van der Waals surface area contributed by atoms with Crippen molar-refractivity contribution >= 4 is 42.3 Å². The van der Waals surface area contributed by atoms with Crippen molar-refractivity contribution in [3.63, 3.8) is 0 Å². The zero-order valence-corrected chi connectivity index (χ0v) is 39.9. The lowest BCUT2D eigenvalue weighted by molar-refractivity contribution is -0.161. The van der Waals surface area contributed by atoms with E-state index in [9.17, 15) is 24.0 Å². The average Bonchev–Trinajstić information content (AvgIpc) is 3.76. The van der Waals surface area contributed by atoms with Crippen LogP contribution in [0.25, 0.3) is 0 Å². The number of esters is 1. The van der Waals surface area contributed by atoms with Gasteiger partial charge >= 0.3 is 24.1 Å². The molecule has 8 aliphatic rings. The van der Waals surface area contributed by atoms with Crippen LogP contribution in [0.5, 0.6) is 0 Å². The molecule has 63 heavy (non-hydrogen) atoms. The van der Waals surface area contributed by atoms with Crippen LogP contribution in [0.4, 0.5) is 14.4 Å². The number of likely N-dealkylation sites (tertiary alicyclic amines) is 2. The molecule has 5 saturated heterocycles. The fourth-order valence-electron chi connectivity index (χ4n) is 10.8. The summed E-state index contributed by atoms with van der Waals surface area (Å²) in [6.07, 6.45) is 18.4. The van der Waals surface area contributed by atoms with Crippen LogP contribution in [0.1, 0.15) is 165 Å². The Bertz CT molecular complexity index is 1440. The Hall–Kier alpha value is -2.88. The number of Topliss-reactive ketones (excluding diaryl/α,β-unsaturated/α-hetero) is 1. The van der Waals surface area contributed by atoms with Crippen LogP contribution in [0, 0.1) is 5.92 Å². The second-order valence-electron chi connectivity index (χ2n) is 20.4. The van der Waals surface area contributed by atoms with Gasteiger partial charge in [0, 0.05) is 64.3 Å². The number of urea groups is 2. The number of carbonyl (C=O) groups is 5. The first-order valence-corrected chi connectivity index (χ1v) is 23.9. The fourth-order valence-corrected chi connectivity index (χ4v) is 10.8. The minimum absolute atomic E-state index is 0. The molecule has 4 N–H and O–H groups in total. The van der Waals surface area contributed by atoms with Crippen molar-refractivity contribution in [2.75, 3.05) is 46.4 Å². The summed E-state index contributed by atoms with van der Waals surface area (Å²) in [6.45, 7) is 17.1. The summed E-state index contributed by atoms with van der Waals surface area (Å²) in [6, 6.07) is 3.52. The van der Waals surface area contributed by atoms with Crippen molar-refractivity contribution in [1.82, 2.24) is 35.6 Å². The van der Waals surface area contributed by atoms with Gasteiger partial charge in [0.25, 0.3) is 0 Å². The van der Waals surface area contributed by atoms with Crippen LogP contribution in [0.15, 0.2) is 0 Å². The van der Waals surface area contributed by atoms with Gasteiger partial charge in [-0.3, -0.25) is 9.59 Å². The molecule has 5 amide bonds. The van der Waals surface area contributed by atoms with Gasteiger partial charge < -0.3 is 50.1 Å². The standard InChI is InChI=1S/C22H38N4O3.C12H21N3O.C11H18O3.CH4O.CH4.ClH/c1-22(2,3)29-21(28)25-14-8-16(9-15-25)24-12-10-17(11-13-24)26-19-7-5-4-6-18(19)23-20(26)27;16-12-14-10-3-1-2-4-11(10)15(12)9-5-7-13-8-6-9;1-11(2,3)14-10(13)8-4-6-9(12)7-5-8;1-2;;/h16-19H,4-15H2,1-3H3,(H,23,27);9-11,13H,1-8H2,(H,14,16);8H,4-7H2,1-3H3;2H,1H3;1H4;1H/t18-,19+;10-,11+;;;;/m11..../s1. The number of ether oxygens (including phenoxy) is 2. The molecule has 8 rings (SSSR count). The summed E-state index contributed by atoms with van der Waals surface area (Å²) in [5.41, 5.74) is -0.854. The van der Waals surface area contributed by atoms with Crippen LogP contribution in [0.3, 0.4) is 0 Å². The molecule has 0 bridgehead atoms. The topological polar surface area (TPSA) is 173 Å². The van der Waals surface area contributed by atoms with E-state index < -0.39 is 11.2 Å². The second-order valence-corrected chi connectivity index (χ2v) is 20.4. The maximum atomic E-state index is 12.6. The molecular weight excluding hydrogens is 826 g/mol. The first kappa shape index (κ1) is 54.5. The average molecular weight is 913 g/mol. The number of aliphatic hydroxyl groups is 1. The van der Waals surface area contributed by atoms with Gasteiger partial charge in [0.2, 0.25) is 0 Å². The lowest BCUT2D eigenvalue weighted by atomic mass is 9.88. The molecule has 0 spiro atoms. The Morgan fingerprint density at radius 2 is 1.02 bits per heavy atom. The molecule has 0 radical (unpaired) electrons. The highest BCUT2D eigenvalue weighted by Gasteiger charge is 2.46. The number of ketones is 1. The highest BCUT2D eigenvalue weighted by Crippen LogP contribution is 2.34. The molecule has 0 aromatic rings. The third kappa shape index (κ3) is 15.6. The number of fused-ring (bicyclic) bond motifs is 2. The van der Waals surface area contributed by atoms with Gasteiger partial charge in [-0.15, -0.1) is 12.4 Å². The first-order valence-electron chi connectivity index (χ1n) is 23.9. The Morgan fingerprint density at radius 1 is 0.587 bits per heavy atom. The Morgan fingerprint density at radius 3 is 1.48 bits per heavy atom. The molecule has 8 fully saturated rings. The van der Waals surface area contributed by atoms with Gasteiger partial charge in [-0.05, 0) is 132 Å². The molecule has 364 valence electrons. The number of amides is 5. The van der Waals surface area contributed by atoms with Crippen molar-refractivity contribution in [2.45, 2.75) is 218 Å². The number of hydrogen-bond acceptors (Lipinski definition) is 10. The number of nitrogens with one attached hydrogen (secondary N) is 3. The van der Waals surface area contributed by atoms with Crippen LogP contribution in [-0.2, 0) is 19.1 Å². The number of aliphatic hydroxyl groups excluding tert-OH is 1. The van der Waals surface area contributed by atoms with E-state index in [1.54, 1.807) is 0 Å². The summed E-state index contributed by atoms with van der Waals surface area (Å²) < 4.78 is 10.8. The summed E-state index contributed by atoms with van der Waals surface area (Å²) in [4.78, 5) is 68.3. The van der Waals surface area contributed by atoms with Crippen LogP contribution in [-0.4, -0.2) is 154 Å². The molecule has 0 aromatic carbocycles. The molecule has 15 nitrogen and oxygen atoms in total. The van der Waals surface area contributed by atoms with E-state index >= 15 is 0 Å². The molecule has 16 heteroatoms. The summed E-state index contributed by atoms with van der Waals surface area (Å²) in [5, 5.41) is 16.8. The third-order valence-corrected chi connectivity index (χ3v) is 13.8. The van der Waals surface area contributed by atoms with Crippen molar-refractivity contribution in [2.24, 2.45) is 5.92 Å². The zero-order valence-electron chi connectivity index (χ0n) is 39.1. The Kier molecular flexibility index (Phi) is 21.7. The van der Waals surface area contributed by atoms with Crippen molar-refractivity contribution in [1.29, 1.82) is 0 Å². The van der Waals surface area contributed by atoms with Crippen LogP contribution < -0.4 is 16.0 Å². The maximum Gasteiger partial charge on any atom is 0.410 e. The van der Waals surface area contributed by atoms with E-state index in [-0.39, 0.29) is 55.7 Å². The quantitative estimate of drug-likeness (QED) is 0.215. The number of carbonyl (C=O) groups excluding carboxylic acids is 5. The normalized spacial score (nSPS) is 27.5. The first-order chi connectivity index (χ1) is 29.1. The van der Waals surface area contributed by atoms with Gasteiger partial charge in [-0.25, -0.2) is 14.4 Å². The highest BCUT2D eigenvalue weighted by molar-refractivity contribution is 5.85. The second kappa shape index (κ2) is 25.1. The molecule has 3 aliphatic carbocycles. The van der Waals surface area contributed by atoms with Crippen molar-refractivity contribution < 1.29 is 38.6 Å². The maximum absolute atomic E-state index is 12.6. The Balaban J connectivity index is 0.000000264. The smallest absolute Gasteiger partial charge is 0.410 e. The van der Waals surface area contributed by atoms with Crippen LogP contribution >= 0.6 is 12.4 Å². The molecule has 3 saturated carbocycles. The van der Waals surface area contributed by atoms with Gasteiger partial charge in [0.1, 0.15) is 17.0 Å². The van der Waals surface area contributed by atoms with E-state index in [1.165, 1.54) is 38.5 Å². The number of piperidine rings is 3. The van der Waals surface area contributed by atoms with Gasteiger partial charge in [-0.2, -0.15) is 0 Å². The molecule has 4 atom stereocenters. The van der Waals surface area contributed by atoms with E-state index in [4.69, 9.17) is 14.6 Å². The lowest BCUT2D eigenvalue weighted by Gasteiger charge is -2.44. The van der Waals surface area contributed by atoms with Crippen LogP contribution in [0.2, 0.25) is 0 Å². The summed E-state index contributed by atoms with van der Waals surface area (Å²) in [5.74, 6) is 0.0572. The molecule has 5 heterocycles. The molecular formula is C47H86ClN7O8. The number of rotatable bonds is 4. The number of nitrogens with zero attached hydrogens (tertiary/aromatic N) is 4. The van der Waals surface area contributed by atoms with Gasteiger partial charge in [0.15, 0.2) is 0 Å². The lowest BCUT2D eigenvalue weighted by Crippen LogP contribution is -2.54. The molecule has 5 aliphatic heterocycles. The predicted octanol–water partition coefficient (Wildman–Crippen LogP) is 7.02. The number of hydrogen-bond donors (Lipinski definition) is 4. The van der Waals surface area contributed by atoms with E-state index in [0.717, 1.165) is 97.7 Å². The predicted molar refractivity (Wildman–Crippen MR) is 249 cm³/mol. The van der Waals surface area contributed by atoms with Gasteiger partial charge in [0.05, 0.1) is 30.1 Å². The molecule has 0 unspecified atom stereocenters. The van der Waals surface area contributed by atoms with Gasteiger partial charge in [-0.1, -0.05) is 33.1 Å². The summed E-state index contributed by atoms with van der Waals surface area (Å²) in [7, 11) is 1.00. The summed E-state index contributed by atoms with van der Waals surface area (Å²) >= 11 is 0. The van der Waals surface area contributed by atoms with E-state index in [2.05, 4.69) is 30.7 Å². The van der Waals surface area contributed by atoms with E-state index in [1.807, 2.05) is 46.4 Å². The SMILES string of the molecule is C.CC(C)(C)OC(=O)C1CCC(=O)CC1.CC(C)(C)OC(=O)N1CCC(N2CCC(N3C(=O)N[C@@H]4CCCC[C@@H]43)CC2)CC1.CO.Cl.O=C1N[C@@H]2CCCC[C@@H]2N1C1CCNCC1. The highest BCUT2D eigenvalue weighted by atomic mass is 35.5. The third-order valence-electron chi connectivity index (χ3n) is 13.8. The minimum atomic E-state index is -0.435. The molecule has 0 aromatic heterocycles. The monoisotopic (exact) mass is 912 g/mol. The largest absolute Gasteiger partial charge is 0.460 e. The number of halogens is 1. The van der Waals surface area contributed by atoms with E-state index in [0.29, 0.717) is 68.0 Å². The Labute approximate surface area is 385 Å². The zero-order chi connectivity index (χ0) is 44.3. The fraction of sp³-hybridized carbons (Fsp3) is 0.894. The van der Waals surface area contributed by atoms with Crippen molar-refractivity contribution in [3.05, 3.63) is 0 Å².